The van der Waals surface area contributed by atoms with Gasteiger partial charge < -0.3 is 25.6 Å². The average Bonchev–Trinajstić information content (AvgIpc) is 3.20. The third-order valence-electron chi connectivity index (χ3n) is 5.80. The van der Waals surface area contributed by atoms with Crippen LogP contribution in [0.5, 0.6) is 11.5 Å². The minimum Gasteiger partial charge on any atom is -0.508 e. The van der Waals surface area contributed by atoms with Gasteiger partial charge in [-0.3, -0.25) is 4.79 Å². The summed E-state index contributed by atoms with van der Waals surface area (Å²) in [6.45, 7) is 1.15. The maximum Gasteiger partial charge on any atom is 0.253 e. The molecule has 3 unspecified atom stereocenters. The highest BCUT2D eigenvalue weighted by Crippen LogP contribution is 2.52. The minimum absolute atomic E-state index is 0.0275. The van der Waals surface area contributed by atoms with E-state index in [1.807, 2.05) is 12.1 Å². The third-order valence-corrected chi connectivity index (χ3v) is 5.80. The largest absolute Gasteiger partial charge is 0.508 e. The van der Waals surface area contributed by atoms with Crippen LogP contribution >= 0.6 is 0 Å². The molecule has 0 spiro atoms. The van der Waals surface area contributed by atoms with Crippen LogP contribution < -0.4 is 10.6 Å². The summed E-state index contributed by atoms with van der Waals surface area (Å²) in [4.78, 5) is 12.8. The maximum atomic E-state index is 12.8. The molecule has 152 valence electrons. The first-order valence-electron chi connectivity index (χ1n) is 9.95. The zero-order chi connectivity index (χ0) is 20.4. The molecule has 2 aliphatic rings. The number of phenols is 2. The van der Waals surface area contributed by atoms with Crippen LogP contribution in [-0.2, 0) is 4.74 Å². The number of benzene rings is 2. The van der Waals surface area contributed by atoms with Crippen LogP contribution in [0.2, 0.25) is 0 Å². The van der Waals surface area contributed by atoms with Crippen molar-refractivity contribution in [1.29, 1.82) is 0 Å². The molecule has 2 aromatic rings. The summed E-state index contributed by atoms with van der Waals surface area (Å²) < 4.78 is 5.04. The molecule has 1 amide bonds. The second-order valence-electron chi connectivity index (χ2n) is 7.59. The third kappa shape index (κ3) is 3.68. The molecule has 0 aromatic heterocycles. The number of aromatic hydroxyl groups is 2. The van der Waals surface area contributed by atoms with Gasteiger partial charge in [0.15, 0.2) is 0 Å². The summed E-state index contributed by atoms with van der Waals surface area (Å²) in [5.74, 6) is 0.362. The number of allylic oxidation sites excluding steroid dienone is 2. The van der Waals surface area contributed by atoms with Crippen molar-refractivity contribution in [2.24, 2.45) is 5.92 Å². The molecule has 6 heteroatoms. The molecule has 0 saturated carbocycles. The van der Waals surface area contributed by atoms with E-state index in [2.05, 4.69) is 28.9 Å². The van der Waals surface area contributed by atoms with Crippen molar-refractivity contribution in [3.8, 4) is 11.5 Å². The highest BCUT2D eigenvalue weighted by molar-refractivity contribution is 6.00. The summed E-state index contributed by atoms with van der Waals surface area (Å²) in [5, 5.41) is 26.6. The number of carbonyl (C=O) groups is 1. The van der Waals surface area contributed by atoms with E-state index in [0.717, 1.165) is 29.7 Å². The van der Waals surface area contributed by atoms with E-state index >= 15 is 0 Å². The zero-order valence-electron chi connectivity index (χ0n) is 16.4. The maximum absolute atomic E-state index is 12.8. The standard InChI is InChI=1S/C23H26N2O4/c1-29-12-4-11-24-23(28)19-8-3-7-17-15-5-2-6-16(15)21(25-22(17)19)18-10-9-14(26)13-20(18)27/h2-3,5,7-10,13,15-16,21,25-27H,4,6,11-12H2,1H3,(H,24,28). The van der Waals surface area contributed by atoms with Crippen LogP contribution in [-0.4, -0.2) is 36.4 Å². The molecule has 3 atom stereocenters. The molecule has 0 fully saturated rings. The lowest BCUT2D eigenvalue weighted by Gasteiger charge is -2.38. The summed E-state index contributed by atoms with van der Waals surface area (Å²) in [5.41, 5.74) is 3.23. The van der Waals surface area contributed by atoms with Gasteiger partial charge in [-0.1, -0.05) is 24.3 Å². The van der Waals surface area contributed by atoms with Gasteiger partial charge in [-0.2, -0.15) is 0 Å². The van der Waals surface area contributed by atoms with E-state index < -0.39 is 0 Å². The van der Waals surface area contributed by atoms with E-state index in [-0.39, 0.29) is 35.3 Å². The topological polar surface area (TPSA) is 90.8 Å². The Hall–Kier alpha value is -2.99. The Bertz CT molecular complexity index is 940. The van der Waals surface area contributed by atoms with Crippen molar-refractivity contribution in [2.45, 2.75) is 24.8 Å². The van der Waals surface area contributed by atoms with Gasteiger partial charge >= 0.3 is 0 Å². The van der Waals surface area contributed by atoms with E-state index in [9.17, 15) is 15.0 Å². The predicted molar refractivity (Wildman–Crippen MR) is 111 cm³/mol. The number of carbonyl (C=O) groups excluding carboxylic acids is 1. The quantitative estimate of drug-likeness (QED) is 0.443. The average molecular weight is 394 g/mol. The summed E-state index contributed by atoms with van der Waals surface area (Å²) >= 11 is 0. The van der Waals surface area contributed by atoms with Crippen LogP contribution in [0, 0.1) is 5.92 Å². The fraction of sp³-hybridized carbons (Fsp3) is 0.348. The monoisotopic (exact) mass is 394 g/mol. The zero-order valence-corrected chi connectivity index (χ0v) is 16.4. The van der Waals surface area contributed by atoms with Crippen LogP contribution in [0.3, 0.4) is 0 Å². The van der Waals surface area contributed by atoms with Crippen molar-refractivity contribution in [3.63, 3.8) is 0 Å². The minimum atomic E-state index is -0.162. The fourth-order valence-electron chi connectivity index (χ4n) is 4.43. The Labute approximate surface area is 170 Å². The Morgan fingerprint density at radius 2 is 2.10 bits per heavy atom. The number of ether oxygens (including phenoxy) is 1. The van der Waals surface area contributed by atoms with Crippen LogP contribution in [0.1, 0.15) is 46.3 Å². The molecule has 1 aliphatic carbocycles. The lowest BCUT2D eigenvalue weighted by Crippen LogP contribution is -2.32. The highest BCUT2D eigenvalue weighted by atomic mass is 16.5. The molecular formula is C23H26N2O4. The van der Waals surface area contributed by atoms with Gasteiger partial charge in [0.05, 0.1) is 17.3 Å². The first kappa shape index (κ1) is 19.3. The van der Waals surface area contributed by atoms with Crippen molar-refractivity contribution < 1.29 is 19.7 Å². The van der Waals surface area contributed by atoms with Crippen molar-refractivity contribution in [2.75, 3.05) is 25.6 Å². The first-order valence-corrected chi connectivity index (χ1v) is 9.95. The van der Waals surface area contributed by atoms with Crippen molar-refractivity contribution >= 4 is 11.6 Å². The van der Waals surface area contributed by atoms with Gasteiger partial charge in [-0.15, -0.1) is 0 Å². The molecular weight excluding hydrogens is 368 g/mol. The number of nitrogens with one attached hydrogen (secondary N) is 2. The second kappa shape index (κ2) is 8.17. The van der Waals surface area contributed by atoms with Gasteiger partial charge in [0, 0.05) is 37.8 Å². The van der Waals surface area contributed by atoms with Crippen LogP contribution in [0.25, 0.3) is 0 Å². The van der Waals surface area contributed by atoms with E-state index in [4.69, 9.17) is 4.74 Å². The molecule has 1 heterocycles. The molecule has 4 N–H and O–H groups in total. The molecule has 0 radical (unpaired) electrons. The summed E-state index contributed by atoms with van der Waals surface area (Å²) in [6.07, 6.45) is 5.99. The lowest BCUT2D eigenvalue weighted by molar-refractivity contribution is 0.0949. The fourth-order valence-corrected chi connectivity index (χ4v) is 4.43. The van der Waals surface area contributed by atoms with E-state index in [1.165, 1.54) is 6.07 Å². The van der Waals surface area contributed by atoms with Crippen LogP contribution in [0.4, 0.5) is 5.69 Å². The highest BCUT2D eigenvalue weighted by Gasteiger charge is 2.40. The number of fused-ring (bicyclic) bond motifs is 3. The first-order chi connectivity index (χ1) is 14.1. The Kier molecular flexibility index (Phi) is 5.45. The Balaban J connectivity index is 1.67. The second-order valence-corrected chi connectivity index (χ2v) is 7.59. The number of hydrogen-bond acceptors (Lipinski definition) is 5. The SMILES string of the molecule is COCCCNC(=O)c1cccc2c1NC(c1ccc(O)cc1O)C1CC=CC21. The molecule has 4 rings (SSSR count). The number of amides is 1. The molecule has 0 bridgehead atoms. The summed E-state index contributed by atoms with van der Waals surface area (Å²) in [6, 6.07) is 10.3. The van der Waals surface area contributed by atoms with E-state index in [0.29, 0.717) is 18.7 Å². The number of hydrogen-bond donors (Lipinski definition) is 4. The number of para-hydroxylation sites is 1. The molecule has 2 aromatic carbocycles. The molecule has 0 saturated heterocycles. The number of methoxy groups -OCH3 is 1. The van der Waals surface area contributed by atoms with Gasteiger partial charge in [-0.05, 0) is 42.5 Å². The number of phenolic OH excluding ortho intramolecular Hbond substituents is 2. The van der Waals surface area contributed by atoms with Gasteiger partial charge in [0.25, 0.3) is 5.91 Å². The van der Waals surface area contributed by atoms with E-state index in [1.54, 1.807) is 19.2 Å². The van der Waals surface area contributed by atoms with Crippen LogP contribution in [0.15, 0.2) is 48.6 Å². The lowest BCUT2D eigenvalue weighted by atomic mass is 9.76. The van der Waals surface area contributed by atoms with Gasteiger partial charge in [0.2, 0.25) is 0 Å². The Morgan fingerprint density at radius 1 is 1.24 bits per heavy atom. The van der Waals surface area contributed by atoms with Gasteiger partial charge in [0.1, 0.15) is 11.5 Å². The normalized spacial score (nSPS) is 21.9. The predicted octanol–water partition coefficient (Wildman–Crippen LogP) is 3.69. The van der Waals surface area contributed by atoms with Gasteiger partial charge in [-0.25, -0.2) is 0 Å². The summed E-state index contributed by atoms with van der Waals surface area (Å²) in [7, 11) is 1.64. The molecule has 6 nitrogen and oxygen atoms in total. The Morgan fingerprint density at radius 3 is 2.90 bits per heavy atom. The van der Waals surface area contributed by atoms with Crippen molar-refractivity contribution in [1.82, 2.24) is 5.32 Å². The number of anilines is 1. The number of rotatable bonds is 6. The molecule has 1 aliphatic heterocycles. The smallest absolute Gasteiger partial charge is 0.253 e. The van der Waals surface area contributed by atoms with Crippen molar-refractivity contribution in [3.05, 3.63) is 65.2 Å². The molecule has 29 heavy (non-hydrogen) atoms.